The fraction of sp³-hybridized carbons (Fsp3) is 0.0870. The van der Waals surface area contributed by atoms with E-state index in [9.17, 15) is 9.59 Å². The van der Waals surface area contributed by atoms with E-state index in [1.165, 1.54) is 11.8 Å². The predicted molar refractivity (Wildman–Crippen MR) is 122 cm³/mol. The lowest BCUT2D eigenvalue weighted by Crippen LogP contribution is -2.24. The van der Waals surface area contributed by atoms with E-state index < -0.39 is 0 Å². The number of nitrogens with one attached hydrogen (secondary N) is 3. The Balaban J connectivity index is 1.43. The molecular formula is C23H20N4O3S. The van der Waals surface area contributed by atoms with Gasteiger partial charge in [0.1, 0.15) is 5.52 Å². The van der Waals surface area contributed by atoms with Crippen molar-refractivity contribution in [2.45, 2.75) is 11.0 Å². The highest BCUT2D eigenvalue weighted by Crippen LogP contribution is 2.27. The standard InChI is InChI=1S/C23H20N4O3S/c1-24-22(29)26-17-12-10-16(11-13-17)25-21(28)18-7-3-2-6-15(18)14-31-23-27-19-8-4-5-9-20(19)30-23/h2-13H,14H2,1H3,(H,25,28)(H2,24,26,29). The number of amides is 3. The molecule has 8 heteroatoms. The quantitative estimate of drug-likeness (QED) is 0.367. The Labute approximate surface area is 183 Å². The highest BCUT2D eigenvalue weighted by molar-refractivity contribution is 7.98. The molecule has 0 saturated heterocycles. The molecule has 1 aromatic heterocycles. The fourth-order valence-corrected chi connectivity index (χ4v) is 3.79. The SMILES string of the molecule is CNC(=O)Nc1ccc(NC(=O)c2ccccc2CSc2nc3ccccc3o2)cc1. The van der Waals surface area contributed by atoms with Crippen LogP contribution in [0, 0.1) is 0 Å². The maximum absolute atomic E-state index is 12.9. The maximum Gasteiger partial charge on any atom is 0.318 e. The molecule has 0 aliphatic heterocycles. The van der Waals surface area contributed by atoms with Crippen LogP contribution in [-0.2, 0) is 5.75 Å². The summed E-state index contributed by atoms with van der Waals surface area (Å²) in [7, 11) is 1.55. The molecular weight excluding hydrogens is 412 g/mol. The average Bonchev–Trinajstić information content (AvgIpc) is 3.22. The third-order valence-electron chi connectivity index (χ3n) is 4.52. The van der Waals surface area contributed by atoms with Crippen molar-refractivity contribution in [3.05, 3.63) is 83.9 Å². The minimum Gasteiger partial charge on any atom is -0.431 e. The number of oxazole rings is 1. The van der Waals surface area contributed by atoms with Crippen LogP contribution in [0.4, 0.5) is 16.2 Å². The summed E-state index contributed by atoms with van der Waals surface area (Å²) in [4.78, 5) is 28.7. The van der Waals surface area contributed by atoms with Gasteiger partial charge in [-0.25, -0.2) is 9.78 Å². The number of nitrogens with zero attached hydrogens (tertiary/aromatic N) is 1. The minimum atomic E-state index is -0.304. The average molecular weight is 433 g/mol. The fourth-order valence-electron chi connectivity index (χ4n) is 2.95. The Bertz CT molecular complexity index is 1190. The first-order chi connectivity index (χ1) is 15.1. The van der Waals surface area contributed by atoms with E-state index in [1.807, 2.05) is 42.5 Å². The van der Waals surface area contributed by atoms with Crippen LogP contribution < -0.4 is 16.0 Å². The molecule has 0 radical (unpaired) electrons. The van der Waals surface area contributed by atoms with Crippen LogP contribution >= 0.6 is 11.8 Å². The van der Waals surface area contributed by atoms with Gasteiger partial charge >= 0.3 is 6.03 Å². The number of hydrogen-bond donors (Lipinski definition) is 3. The van der Waals surface area contributed by atoms with E-state index in [-0.39, 0.29) is 11.9 Å². The number of carbonyl (C=O) groups is 2. The van der Waals surface area contributed by atoms with Gasteiger partial charge in [0.05, 0.1) is 0 Å². The number of para-hydroxylation sites is 2. The summed E-state index contributed by atoms with van der Waals surface area (Å²) < 4.78 is 5.75. The minimum absolute atomic E-state index is 0.208. The monoisotopic (exact) mass is 432 g/mol. The second-order valence-electron chi connectivity index (χ2n) is 6.63. The third-order valence-corrected chi connectivity index (χ3v) is 5.39. The number of anilines is 2. The van der Waals surface area contributed by atoms with E-state index in [0.717, 1.165) is 16.7 Å². The van der Waals surface area contributed by atoms with Crippen molar-refractivity contribution < 1.29 is 14.0 Å². The van der Waals surface area contributed by atoms with E-state index in [2.05, 4.69) is 20.9 Å². The van der Waals surface area contributed by atoms with Gasteiger partial charge in [-0.2, -0.15) is 0 Å². The van der Waals surface area contributed by atoms with Crippen molar-refractivity contribution in [3.63, 3.8) is 0 Å². The van der Waals surface area contributed by atoms with Gasteiger partial charge in [0.25, 0.3) is 11.1 Å². The van der Waals surface area contributed by atoms with Gasteiger partial charge in [-0.3, -0.25) is 4.79 Å². The highest BCUT2D eigenvalue weighted by Gasteiger charge is 2.13. The zero-order valence-electron chi connectivity index (χ0n) is 16.7. The number of aromatic nitrogens is 1. The summed E-state index contributed by atoms with van der Waals surface area (Å²) in [5.41, 5.74) is 4.28. The van der Waals surface area contributed by atoms with Crippen molar-refractivity contribution in [2.24, 2.45) is 0 Å². The second-order valence-corrected chi connectivity index (χ2v) is 7.56. The van der Waals surface area contributed by atoms with Crippen LogP contribution in [0.15, 0.2) is 82.4 Å². The molecule has 31 heavy (non-hydrogen) atoms. The molecule has 0 aliphatic carbocycles. The van der Waals surface area contributed by atoms with E-state index in [0.29, 0.717) is 27.9 Å². The zero-order chi connectivity index (χ0) is 21.6. The van der Waals surface area contributed by atoms with Crippen molar-refractivity contribution in [1.29, 1.82) is 0 Å². The van der Waals surface area contributed by atoms with E-state index >= 15 is 0 Å². The molecule has 0 aliphatic rings. The molecule has 3 aromatic carbocycles. The first kappa shape index (κ1) is 20.5. The summed E-state index contributed by atoms with van der Waals surface area (Å²) in [5.74, 6) is 0.339. The number of urea groups is 1. The van der Waals surface area contributed by atoms with Crippen LogP contribution in [0.25, 0.3) is 11.1 Å². The Morgan fingerprint density at radius 3 is 2.32 bits per heavy atom. The number of benzene rings is 3. The molecule has 0 bridgehead atoms. The predicted octanol–water partition coefficient (Wildman–Crippen LogP) is 5.12. The van der Waals surface area contributed by atoms with Crippen LogP contribution in [0.1, 0.15) is 15.9 Å². The van der Waals surface area contributed by atoms with Crippen LogP contribution in [0.2, 0.25) is 0 Å². The largest absolute Gasteiger partial charge is 0.431 e. The molecule has 0 fully saturated rings. The molecule has 3 N–H and O–H groups in total. The Kier molecular flexibility index (Phi) is 6.18. The van der Waals surface area contributed by atoms with Gasteiger partial charge in [-0.05, 0) is 48.0 Å². The lowest BCUT2D eigenvalue weighted by molar-refractivity contribution is 0.102. The summed E-state index contributed by atoms with van der Waals surface area (Å²) in [6.45, 7) is 0. The summed E-state index contributed by atoms with van der Waals surface area (Å²) in [6, 6.07) is 21.7. The first-order valence-electron chi connectivity index (χ1n) is 9.59. The molecule has 4 aromatic rings. The van der Waals surface area contributed by atoms with Gasteiger partial charge in [0.2, 0.25) is 0 Å². The van der Waals surface area contributed by atoms with Gasteiger partial charge in [0.15, 0.2) is 5.58 Å². The van der Waals surface area contributed by atoms with Crippen LogP contribution in [-0.4, -0.2) is 24.0 Å². The molecule has 156 valence electrons. The Morgan fingerprint density at radius 2 is 1.58 bits per heavy atom. The van der Waals surface area contributed by atoms with Gasteiger partial charge in [0, 0.05) is 29.7 Å². The van der Waals surface area contributed by atoms with Crippen molar-refractivity contribution in [1.82, 2.24) is 10.3 Å². The van der Waals surface area contributed by atoms with Crippen molar-refractivity contribution in [3.8, 4) is 0 Å². The molecule has 0 unspecified atom stereocenters. The number of carbonyl (C=O) groups excluding carboxylic acids is 2. The van der Waals surface area contributed by atoms with Crippen LogP contribution in [0.3, 0.4) is 0 Å². The Hall–Kier alpha value is -3.78. The van der Waals surface area contributed by atoms with Gasteiger partial charge in [-0.1, -0.05) is 42.1 Å². The normalized spacial score (nSPS) is 10.6. The lowest BCUT2D eigenvalue weighted by Gasteiger charge is -2.10. The molecule has 0 saturated carbocycles. The van der Waals surface area contributed by atoms with E-state index in [1.54, 1.807) is 37.4 Å². The first-order valence-corrected chi connectivity index (χ1v) is 10.6. The third kappa shape index (κ3) is 5.04. The number of thioether (sulfide) groups is 1. The number of hydrogen-bond acceptors (Lipinski definition) is 5. The topological polar surface area (TPSA) is 96.3 Å². The maximum atomic E-state index is 12.9. The van der Waals surface area contributed by atoms with Crippen molar-refractivity contribution in [2.75, 3.05) is 17.7 Å². The molecule has 1 heterocycles. The zero-order valence-corrected chi connectivity index (χ0v) is 17.5. The van der Waals surface area contributed by atoms with Crippen LogP contribution in [0.5, 0.6) is 0 Å². The molecule has 0 atom stereocenters. The molecule has 3 amide bonds. The van der Waals surface area contributed by atoms with Crippen molar-refractivity contribution >= 4 is 46.2 Å². The lowest BCUT2D eigenvalue weighted by atomic mass is 10.1. The molecule has 7 nitrogen and oxygen atoms in total. The summed E-state index contributed by atoms with van der Waals surface area (Å²) >= 11 is 1.44. The second kappa shape index (κ2) is 9.36. The Morgan fingerprint density at radius 1 is 0.903 bits per heavy atom. The highest BCUT2D eigenvalue weighted by atomic mass is 32.2. The number of rotatable bonds is 6. The summed E-state index contributed by atoms with van der Waals surface area (Å²) in [6.07, 6.45) is 0. The number of fused-ring (bicyclic) bond motifs is 1. The molecule has 0 spiro atoms. The summed E-state index contributed by atoms with van der Waals surface area (Å²) in [5, 5.41) is 8.62. The smallest absolute Gasteiger partial charge is 0.318 e. The van der Waals surface area contributed by atoms with Gasteiger partial charge < -0.3 is 20.4 Å². The van der Waals surface area contributed by atoms with E-state index in [4.69, 9.17) is 4.42 Å². The molecule has 4 rings (SSSR count). The van der Waals surface area contributed by atoms with Gasteiger partial charge in [-0.15, -0.1) is 0 Å².